The predicted molar refractivity (Wildman–Crippen MR) is 99.8 cm³/mol. The number of benzene rings is 2. The van der Waals surface area contributed by atoms with Crippen molar-refractivity contribution in [1.29, 1.82) is 0 Å². The van der Waals surface area contributed by atoms with Gasteiger partial charge in [-0.3, -0.25) is 19.7 Å². The SMILES string of the molecule is O=C(OCc1ccc([N+](=O)[O-])cc1)C1CC(=O)N(c2cccc(Cl)c2Cl)C1. The minimum Gasteiger partial charge on any atom is -0.461 e. The molecule has 2 aromatic rings. The molecular formula is C18H14Cl2N2O5. The molecule has 2 aromatic carbocycles. The number of nitro benzene ring substituents is 1. The molecule has 1 unspecified atom stereocenters. The van der Waals surface area contributed by atoms with E-state index in [4.69, 9.17) is 27.9 Å². The first-order valence-electron chi connectivity index (χ1n) is 8.01. The summed E-state index contributed by atoms with van der Waals surface area (Å²) in [5.41, 5.74) is 1.04. The second-order valence-electron chi connectivity index (χ2n) is 6.01. The summed E-state index contributed by atoms with van der Waals surface area (Å²) < 4.78 is 5.25. The van der Waals surface area contributed by atoms with Crippen molar-refractivity contribution >= 4 is 46.5 Å². The van der Waals surface area contributed by atoms with E-state index in [1.54, 1.807) is 18.2 Å². The molecule has 0 bridgehead atoms. The van der Waals surface area contributed by atoms with Gasteiger partial charge in [-0.1, -0.05) is 29.3 Å². The van der Waals surface area contributed by atoms with E-state index in [1.165, 1.54) is 29.2 Å². The van der Waals surface area contributed by atoms with Crippen LogP contribution in [0.2, 0.25) is 10.0 Å². The number of amides is 1. The second-order valence-corrected chi connectivity index (χ2v) is 6.79. The maximum absolute atomic E-state index is 12.3. The van der Waals surface area contributed by atoms with Crippen LogP contribution < -0.4 is 4.90 Å². The summed E-state index contributed by atoms with van der Waals surface area (Å²) in [5, 5.41) is 11.2. The number of nitrogens with zero attached hydrogens (tertiary/aromatic N) is 2. The van der Waals surface area contributed by atoms with E-state index < -0.39 is 16.8 Å². The molecule has 1 heterocycles. The maximum atomic E-state index is 12.3. The molecule has 9 heteroatoms. The number of nitro groups is 1. The van der Waals surface area contributed by atoms with Crippen LogP contribution in [0.1, 0.15) is 12.0 Å². The standard InChI is InChI=1S/C18H14Cl2N2O5/c19-14-2-1-3-15(17(14)20)21-9-12(8-16(21)23)18(24)27-10-11-4-6-13(7-5-11)22(25)26/h1-7,12H,8-10H2. The van der Waals surface area contributed by atoms with Gasteiger partial charge in [-0.2, -0.15) is 0 Å². The lowest BCUT2D eigenvalue weighted by Crippen LogP contribution is -2.26. The number of anilines is 1. The molecular weight excluding hydrogens is 395 g/mol. The first-order chi connectivity index (χ1) is 12.9. The van der Waals surface area contributed by atoms with E-state index in [1.807, 2.05) is 0 Å². The Morgan fingerprint density at radius 2 is 1.93 bits per heavy atom. The number of rotatable bonds is 5. The molecule has 1 aliphatic heterocycles. The fourth-order valence-electron chi connectivity index (χ4n) is 2.79. The summed E-state index contributed by atoms with van der Waals surface area (Å²) in [5.74, 6) is -1.37. The monoisotopic (exact) mass is 408 g/mol. The molecule has 1 aliphatic rings. The van der Waals surface area contributed by atoms with Crippen LogP contribution in [0.4, 0.5) is 11.4 Å². The molecule has 1 saturated heterocycles. The molecule has 1 atom stereocenters. The van der Waals surface area contributed by atoms with Crippen molar-refractivity contribution in [2.75, 3.05) is 11.4 Å². The third-order valence-electron chi connectivity index (χ3n) is 4.21. The van der Waals surface area contributed by atoms with E-state index in [9.17, 15) is 19.7 Å². The fourth-order valence-corrected chi connectivity index (χ4v) is 3.18. The fraction of sp³-hybridized carbons (Fsp3) is 0.222. The van der Waals surface area contributed by atoms with Crippen molar-refractivity contribution in [3.8, 4) is 0 Å². The molecule has 0 aromatic heterocycles. The highest BCUT2D eigenvalue weighted by Crippen LogP contribution is 2.35. The number of esters is 1. The molecule has 0 radical (unpaired) electrons. The zero-order valence-electron chi connectivity index (χ0n) is 13.9. The zero-order chi connectivity index (χ0) is 19.6. The number of ether oxygens (including phenoxy) is 1. The van der Waals surface area contributed by atoms with Crippen LogP contribution in [-0.2, 0) is 20.9 Å². The van der Waals surface area contributed by atoms with E-state index in [0.717, 1.165) is 0 Å². The quantitative estimate of drug-likeness (QED) is 0.423. The number of halogens is 2. The molecule has 0 spiro atoms. The van der Waals surface area contributed by atoms with Crippen LogP contribution in [0.25, 0.3) is 0 Å². The van der Waals surface area contributed by atoms with Gasteiger partial charge in [0.05, 0.1) is 26.6 Å². The average molecular weight is 409 g/mol. The Hall–Kier alpha value is -2.64. The smallest absolute Gasteiger partial charge is 0.311 e. The first-order valence-corrected chi connectivity index (χ1v) is 8.76. The summed E-state index contributed by atoms with van der Waals surface area (Å²) in [7, 11) is 0. The van der Waals surface area contributed by atoms with Crippen LogP contribution in [0.15, 0.2) is 42.5 Å². The molecule has 27 heavy (non-hydrogen) atoms. The second kappa shape index (κ2) is 7.94. The van der Waals surface area contributed by atoms with Gasteiger partial charge in [-0.15, -0.1) is 0 Å². The summed E-state index contributed by atoms with van der Waals surface area (Å²) in [6.07, 6.45) is 0.0158. The number of hydrogen-bond donors (Lipinski definition) is 0. The van der Waals surface area contributed by atoms with E-state index >= 15 is 0 Å². The van der Waals surface area contributed by atoms with Crippen LogP contribution in [-0.4, -0.2) is 23.3 Å². The van der Waals surface area contributed by atoms with Crippen LogP contribution in [0.3, 0.4) is 0 Å². The lowest BCUT2D eigenvalue weighted by Gasteiger charge is -2.18. The molecule has 0 N–H and O–H groups in total. The van der Waals surface area contributed by atoms with Crippen molar-refractivity contribution < 1.29 is 19.2 Å². The van der Waals surface area contributed by atoms with Gasteiger partial charge < -0.3 is 9.64 Å². The Morgan fingerprint density at radius 1 is 1.22 bits per heavy atom. The van der Waals surface area contributed by atoms with Crippen molar-refractivity contribution in [2.24, 2.45) is 5.92 Å². The van der Waals surface area contributed by atoms with Crippen molar-refractivity contribution in [3.63, 3.8) is 0 Å². The van der Waals surface area contributed by atoms with Gasteiger partial charge in [0, 0.05) is 25.1 Å². The van der Waals surface area contributed by atoms with Crippen molar-refractivity contribution in [1.82, 2.24) is 0 Å². The average Bonchev–Trinajstić information content (AvgIpc) is 3.04. The van der Waals surface area contributed by atoms with Gasteiger partial charge >= 0.3 is 5.97 Å². The highest BCUT2D eigenvalue weighted by atomic mass is 35.5. The summed E-state index contributed by atoms with van der Waals surface area (Å²) in [6, 6.07) is 10.7. The number of carbonyl (C=O) groups is 2. The van der Waals surface area contributed by atoms with Crippen molar-refractivity contribution in [2.45, 2.75) is 13.0 Å². The third-order valence-corrected chi connectivity index (χ3v) is 5.02. The van der Waals surface area contributed by atoms with E-state index in [-0.39, 0.29) is 36.2 Å². The zero-order valence-corrected chi connectivity index (χ0v) is 15.4. The molecule has 3 rings (SSSR count). The number of hydrogen-bond acceptors (Lipinski definition) is 5. The minimum atomic E-state index is -0.620. The Bertz CT molecular complexity index is 901. The third kappa shape index (κ3) is 4.20. The Labute approximate surface area is 164 Å². The minimum absolute atomic E-state index is 0.0158. The number of carbonyl (C=O) groups excluding carboxylic acids is 2. The van der Waals surface area contributed by atoms with E-state index in [0.29, 0.717) is 16.3 Å². The molecule has 1 amide bonds. The van der Waals surface area contributed by atoms with Crippen LogP contribution in [0.5, 0.6) is 0 Å². The largest absolute Gasteiger partial charge is 0.461 e. The van der Waals surface area contributed by atoms with Gasteiger partial charge in [-0.05, 0) is 29.8 Å². The van der Waals surface area contributed by atoms with Gasteiger partial charge in [0.2, 0.25) is 5.91 Å². The maximum Gasteiger partial charge on any atom is 0.311 e. The molecule has 1 fully saturated rings. The molecule has 7 nitrogen and oxygen atoms in total. The van der Waals surface area contributed by atoms with Gasteiger partial charge in [-0.25, -0.2) is 0 Å². The van der Waals surface area contributed by atoms with Crippen LogP contribution in [0, 0.1) is 16.0 Å². The van der Waals surface area contributed by atoms with Crippen LogP contribution >= 0.6 is 23.2 Å². The summed E-state index contributed by atoms with van der Waals surface area (Å²) in [6.45, 7) is 0.122. The molecule has 140 valence electrons. The summed E-state index contributed by atoms with van der Waals surface area (Å²) >= 11 is 12.1. The van der Waals surface area contributed by atoms with E-state index in [2.05, 4.69) is 0 Å². The Kier molecular flexibility index (Phi) is 5.62. The molecule has 0 aliphatic carbocycles. The normalized spacial score (nSPS) is 16.4. The first kappa shape index (κ1) is 19.1. The lowest BCUT2D eigenvalue weighted by molar-refractivity contribution is -0.384. The summed E-state index contributed by atoms with van der Waals surface area (Å²) in [4.78, 5) is 36.1. The predicted octanol–water partition coefficient (Wildman–Crippen LogP) is 4.00. The highest BCUT2D eigenvalue weighted by molar-refractivity contribution is 6.44. The Morgan fingerprint density at radius 3 is 2.59 bits per heavy atom. The van der Waals surface area contributed by atoms with Gasteiger partial charge in [0.25, 0.3) is 5.69 Å². The topological polar surface area (TPSA) is 89.7 Å². The number of non-ortho nitro benzene ring substituents is 1. The Balaban J connectivity index is 1.62. The van der Waals surface area contributed by atoms with Gasteiger partial charge in [0.15, 0.2) is 0 Å². The van der Waals surface area contributed by atoms with Gasteiger partial charge in [0.1, 0.15) is 6.61 Å². The van der Waals surface area contributed by atoms with Crippen molar-refractivity contribution in [3.05, 3.63) is 68.2 Å². The lowest BCUT2D eigenvalue weighted by atomic mass is 10.1. The highest BCUT2D eigenvalue weighted by Gasteiger charge is 2.37. The molecule has 0 saturated carbocycles.